The van der Waals surface area contributed by atoms with Crippen molar-refractivity contribution in [3.8, 4) is 11.3 Å². The molecule has 0 radical (unpaired) electrons. The minimum Gasteiger partial charge on any atom is -0.396 e. The van der Waals surface area contributed by atoms with Crippen LogP contribution in [0.5, 0.6) is 0 Å². The van der Waals surface area contributed by atoms with Crippen molar-refractivity contribution in [2.24, 2.45) is 12.5 Å². The lowest BCUT2D eigenvalue weighted by molar-refractivity contribution is 0.0936. The van der Waals surface area contributed by atoms with Crippen molar-refractivity contribution in [3.05, 3.63) is 41.0 Å². The standard InChI is InChI=1S/C16H18ClN3O2/c1-20-8-12(15(22)18-9-16(10-21)6-7-16)14(19-20)11-4-2-3-5-13(11)17/h2-5,8,21H,6-7,9-10H2,1H3,(H,18,22). The zero-order valence-electron chi connectivity index (χ0n) is 12.3. The van der Waals surface area contributed by atoms with E-state index < -0.39 is 0 Å². The summed E-state index contributed by atoms with van der Waals surface area (Å²) in [6.07, 6.45) is 3.59. The van der Waals surface area contributed by atoms with Crippen LogP contribution in [0.1, 0.15) is 23.2 Å². The van der Waals surface area contributed by atoms with Crippen LogP contribution in [0.4, 0.5) is 0 Å². The Morgan fingerprint density at radius 3 is 2.82 bits per heavy atom. The number of aliphatic hydroxyl groups is 1. The van der Waals surface area contributed by atoms with Crippen LogP contribution in [0, 0.1) is 5.41 Å². The van der Waals surface area contributed by atoms with Crippen LogP contribution in [0.25, 0.3) is 11.3 Å². The molecule has 1 aromatic carbocycles. The Morgan fingerprint density at radius 2 is 2.18 bits per heavy atom. The molecule has 1 aliphatic rings. The van der Waals surface area contributed by atoms with Crippen molar-refractivity contribution in [2.75, 3.05) is 13.2 Å². The molecule has 1 saturated carbocycles. The second-order valence-corrected chi connectivity index (χ2v) is 6.29. The van der Waals surface area contributed by atoms with Gasteiger partial charge in [-0.1, -0.05) is 29.8 Å². The van der Waals surface area contributed by atoms with Gasteiger partial charge in [0.05, 0.1) is 17.2 Å². The van der Waals surface area contributed by atoms with E-state index in [0.717, 1.165) is 18.4 Å². The Bertz CT molecular complexity index is 707. The number of hydrogen-bond donors (Lipinski definition) is 2. The Hall–Kier alpha value is -1.85. The number of rotatable bonds is 5. The fraction of sp³-hybridized carbons (Fsp3) is 0.375. The molecule has 1 amide bonds. The molecule has 3 rings (SSSR count). The molecule has 0 unspecified atom stereocenters. The van der Waals surface area contributed by atoms with Crippen molar-refractivity contribution in [1.82, 2.24) is 15.1 Å². The highest BCUT2D eigenvalue weighted by molar-refractivity contribution is 6.33. The first-order valence-electron chi connectivity index (χ1n) is 7.22. The number of nitrogens with one attached hydrogen (secondary N) is 1. The molecule has 5 nitrogen and oxygen atoms in total. The van der Waals surface area contributed by atoms with E-state index in [9.17, 15) is 9.90 Å². The van der Waals surface area contributed by atoms with Crippen molar-refractivity contribution < 1.29 is 9.90 Å². The molecule has 6 heteroatoms. The van der Waals surface area contributed by atoms with E-state index in [0.29, 0.717) is 22.8 Å². The highest BCUT2D eigenvalue weighted by atomic mass is 35.5. The van der Waals surface area contributed by atoms with Crippen LogP contribution in [0.15, 0.2) is 30.5 Å². The van der Waals surface area contributed by atoms with E-state index in [1.54, 1.807) is 24.0 Å². The Kier molecular flexibility index (Phi) is 3.93. The maximum atomic E-state index is 12.5. The number of carbonyl (C=O) groups is 1. The third-order valence-electron chi connectivity index (χ3n) is 4.12. The summed E-state index contributed by atoms with van der Waals surface area (Å²) in [5, 5.41) is 17.2. The minimum atomic E-state index is -0.192. The number of nitrogens with zero attached hydrogens (tertiary/aromatic N) is 2. The van der Waals surface area contributed by atoms with Crippen LogP contribution >= 0.6 is 11.6 Å². The van der Waals surface area contributed by atoms with Crippen LogP contribution in [0.3, 0.4) is 0 Å². The van der Waals surface area contributed by atoms with Gasteiger partial charge in [-0.25, -0.2) is 0 Å². The second-order valence-electron chi connectivity index (χ2n) is 5.89. The molecule has 1 heterocycles. The van der Waals surface area contributed by atoms with Crippen molar-refractivity contribution in [3.63, 3.8) is 0 Å². The maximum Gasteiger partial charge on any atom is 0.255 e. The van der Waals surface area contributed by atoms with Gasteiger partial charge in [-0.2, -0.15) is 5.10 Å². The van der Waals surface area contributed by atoms with E-state index >= 15 is 0 Å². The summed E-state index contributed by atoms with van der Waals surface area (Å²) < 4.78 is 1.60. The van der Waals surface area contributed by atoms with Crippen LogP contribution < -0.4 is 5.32 Å². The second kappa shape index (κ2) is 5.74. The molecule has 116 valence electrons. The van der Waals surface area contributed by atoms with Gasteiger partial charge in [-0.3, -0.25) is 9.48 Å². The summed E-state index contributed by atoms with van der Waals surface area (Å²) in [5.74, 6) is -0.192. The summed E-state index contributed by atoms with van der Waals surface area (Å²) in [5.41, 5.74) is 1.67. The summed E-state index contributed by atoms with van der Waals surface area (Å²) in [4.78, 5) is 12.5. The number of benzene rings is 1. The third kappa shape index (κ3) is 2.87. The monoisotopic (exact) mass is 319 g/mol. The molecular weight excluding hydrogens is 302 g/mol. The summed E-state index contributed by atoms with van der Waals surface area (Å²) in [6.45, 7) is 0.594. The largest absolute Gasteiger partial charge is 0.396 e. The van der Waals surface area contributed by atoms with E-state index in [4.69, 9.17) is 11.6 Å². The number of amides is 1. The molecule has 2 N–H and O–H groups in total. The zero-order chi connectivity index (χ0) is 15.7. The first-order valence-corrected chi connectivity index (χ1v) is 7.60. The molecule has 1 aliphatic carbocycles. The van der Waals surface area contributed by atoms with Gasteiger partial charge in [-0.05, 0) is 18.9 Å². The number of hydrogen-bond acceptors (Lipinski definition) is 3. The van der Waals surface area contributed by atoms with Gasteiger partial charge in [0, 0.05) is 30.8 Å². The maximum absolute atomic E-state index is 12.5. The molecule has 1 aromatic heterocycles. The molecule has 1 fully saturated rings. The zero-order valence-corrected chi connectivity index (χ0v) is 13.1. The lowest BCUT2D eigenvalue weighted by Crippen LogP contribution is -2.31. The average Bonchev–Trinajstić information content (AvgIpc) is 3.20. The highest BCUT2D eigenvalue weighted by Gasteiger charge is 2.42. The molecular formula is C16H18ClN3O2. The molecule has 2 aromatic rings. The fourth-order valence-electron chi connectivity index (χ4n) is 2.44. The van der Waals surface area contributed by atoms with Gasteiger partial charge in [-0.15, -0.1) is 0 Å². The lowest BCUT2D eigenvalue weighted by Gasteiger charge is -2.12. The number of aryl methyl sites for hydroxylation is 1. The van der Waals surface area contributed by atoms with Gasteiger partial charge in [0.15, 0.2) is 0 Å². The first kappa shape index (κ1) is 15.1. The van der Waals surface area contributed by atoms with Gasteiger partial charge in [0.1, 0.15) is 5.69 Å². The highest BCUT2D eigenvalue weighted by Crippen LogP contribution is 2.44. The molecule has 0 aliphatic heterocycles. The van der Waals surface area contributed by atoms with Crippen molar-refractivity contribution >= 4 is 17.5 Å². The summed E-state index contributed by atoms with van der Waals surface area (Å²) in [7, 11) is 1.77. The Balaban J connectivity index is 1.85. The third-order valence-corrected chi connectivity index (χ3v) is 4.45. The predicted octanol–water partition coefficient (Wildman–Crippen LogP) is 2.24. The van der Waals surface area contributed by atoms with Gasteiger partial charge >= 0.3 is 0 Å². The SMILES string of the molecule is Cn1cc(C(=O)NCC2(CO)CC2)c(-c2ccccc2Cl)n1. The van der Waals surface area contributed by atoms with E-state index in [1.165, 1.54) is 0 Å². The van der Waals surface area contributed by atoms with Crippen LogP contribution in [-0.2, 0) is 7.05 Å². The van der Waals surface area contributed by atoms with Crippen LogP contribution in [-0.4, -0.2) is 33.9 Å². The van der Waals surface area contributed by atoms with E-state index in [2.05, 4.69) is 10.4 Å². The molecule has 0 saturated heterocycles. The smallest absolute Gasteiger partial charge is 0.255 e. The molecule has 22 heavy (non-hydrogen) atoms. The quantitative estimate of drug-likeness (QED) is 0.888. The number of halogens is 1. The molecule has 0 spiro atoms. The lowest BCUT2D eigenvalue weighted by atomic mass is 10.1. The van der Waals surface area contributed by atoms with Gasteiger partial charge in [0.25, 0.3) is 5.91 Å². The van der Waals surface area contributed by atoms with E-state index in [-0.39, 0.29) is 17.9 Å². The number of carbonyl (C=O) groups excluding carboxylic acids is 1. The topological polar surface area (TPSA) is 67.2 Å². The Morgan fingerprint density at radius 1 is 1.45 bits per heavy atom. The van der Waals surface area contributed by atoms with Crippen molar-refractivity contribution in [2.45, 2.75) is 12.8 Å². The number of aromatic nitrogens is 2. The predicted molar refractivity (Wildman–Crippen MR) is 84.7 cm³/mol. The summed E-state index contributed by atoms with van der Waals surface area (Å²) >= 11 is 6.21. The molecule has 0 atom stereocenters. The first-order chi connectivity index (χ1) is 10.5. The average molecular weight is 320 g/mol. The fourth-order valence-corrected chi connectivity index (χ4v) is 2.66. The van der Waals surface area contributed by atoms with Crippen LogP contribution in [0.2, 0.25) is 5.02 Å². The van der Waals surface area contributed by atoms with Gasteiger partial charge < -0.3 is 10.4 Å². The number of aliphatic hydroxyl groups excluding tert-OH is 1. The minimum absolute atomic E-state index is 0.109. The van der Waals surface area contributed by atoms with Crippen molar-refractivity contribution in [1.29, 1.82) is 0 Å². The Labute approximate surface area is 133 Å². The van der Waals surface area contributed by atoms with E-state index in [1.807, 2.05) is 18.2 Å². The molecule has 0 bridgehead atoms. The summed E-state index contributed by atoms with van der Waals surface area (Å²) in [6, 6.07) is 7.32. The van der Waals surface area contributed by atoms with Gasteiger partial charge in [0.2, 0.25) is 0 Å². The normalized spacial score (nSPS) is 15.6.